The number of nitrogens with two attached hydrogens (primary N) is 1. The van der Waals surface area contributed by atoms with Gasteiger partial charge in [0, 0.05) is 11.4 Å². The molecule has 2 amide bonds. The van der Waals surface area contributed by atoms with Gasteiger partial charge in [-0.15, -0.1) is 11.3 Å². The number of thiophene rings is 1. The second-order valence-electron chi connectivity index (χ2n) is 5.12. The average Bonchev–Trinajstić information content (AvgIpc) is 3.01. The molecule has 2 aromatic rings. The Balaban J connectivity index is 1.68. The summed E-state index contributed by atoms with van der Waals surface area (Å²) in [5.41, 5.74) is 6.39. The molecule has 6 heteroatoms. The highest BCUT2D eigenvalue weighted by Gasteiger charge is 2.45. The number of anilines is 2. The van der Waals surface area contributed by atoms with Crippen LogP contribution >= 0.6 is 11.3 Å². The molecular formula is C15H15N3O2S. The second-order valence-corrected chi connectivity index (χ2v) is 6.07. The molecule has 0 atom stereocenters. The highest BCUT2D eigenvalue weighted by molar-refractivity contribution is 7.12. The van der Waals surface area contributed by atoms with Gasteiger partial charge in [-0.25, -0.2) is 0 Å². The molecule has 1 aromatic heterocycles. The van der Waals surface area contributed by atoms with Gasteiger partial charge in [-0.05, 0) is 42.5 Å². The molecule has 5 nitrogen and oxygen atoms in total. The van der Waals surface area contributed by atoms with Gasteiger partial charge in [0.1, 0.15) is 0 Å². The van der Waals surface area contributed by atoms with E-state index in [0.717, 1.165) is 0 Å². The monoisotopic (exact) mass is 301 g/mol. The first-order valence-electron chi connectivity index (χ1n) is 6.62. The Kier molecular flexibility index (Phi) is 3.48. The van der Waals surface area contributed by atoms with Crippen molar-refractivity contribution >= 4 is 34.5 Å². The van der Waals surface area contributed by atoms with Crippen LogP contribution in [0.25, 0.3) is 0 Å². The van der Waals surface area contributed by atoms with E-state index in [0.29, 0.717) is 29.1 Å². The van der Waals surface area contributed by atoms with Crippen LogP contribution in [0.2, 0.25) is 0 Å². The Hall–Kier alpha value is -2.18. The van der Waals surface area contributed by atoms with Crippen LogP contribution in [-0.4, -0.2) is 17.4 Å². The number of hydrogen-bond acceptors (Lipinski definition) is 4. The summed E-state index contributed by atoms with van der Waals surface area (Å²) < 4.78 is 0. The van der Waals surface area contributed by atoms with Crippen molar-refractivity contribution < 1.29 is 9.59 Å². The van der Waals surface area contributed by atoms with E-state index in [1.807, 2.05) is 11.4 Å². The summed E-state index contributed by atoms with van der Waals surface area (Å²) >= 11 is 1.38. The third-order valence-electron chi connectivity index (χ3n) is 3.36. The molecular weight excluding hydrogens is 286 g/mol. The predicted molar refractivity (Wildman–Crippen MR) is 83.5 cm³/mol. The normalized spacial score (nSPS) is 15.3. The first-order chi connectivity index (χ1) is 10.1. The van der Waals surface area contributed by atoms with Gasteiger partial charge in [0.05, 0.1) is 10.4 Å². The minimum Gasteiger partial charge on any atom is -0.324 e. The standard InChI is InChI=1S/C15H15N3O2S/c16-15(6-7-15)14(20)18-11-4-1-3-10(9-11)17-13(19)12-5-2-8-21-12/h1-5,8-9H,6-7,16H2,(H,17,19)(H,18,20). The molecule has 1 aromatic carbocycles. The van der Waals surface area contributed by atoms with E-state index in [1.165, 1.54) is 11.3 Å². The van der Waals surface area contributed by atoms with E-state index in [1.54, 1.807) is 30.3 Å². The zero-order valence-electron chi connectivity index (χ0n) is 11.3. The molecule has 1 aliphatic rings. The lowest BCUT2D eigenvalue weighted by Gasteiger charge is -2.11. The molecule has 0 spiro atoms. The van der Waals surface area contributed by atoms with Crippen molar-refractivity contribution in [3.05, 3.63) is 46.7 Å². The van der Waals surface area contributed by atoms with E-state index < -0.39 is 5.54 Å². The first kappa shape index (κ1) is 13.8. The van der Waals surface area contributed by atoms with Crippen molar-refractivity contribution in [2.24, 2.45) is 5.73 Å². The molecule has 1 saturated carbocycles. The van der Waals surface area contributed by atoms with Gasteiger partial charge in [0.25, 0.3) is 5.91 Å². The Morgan fingerprint density at radius 1 is 1.10 bits per heavy atom. The van der Waals surface area contributed by atoms with Gasteiger partial charge >= 0.3 is 0 Å². The maximum absolute atomic E-state index is 12.0. The Morgan fingerprint density at radius 3 is 2.43 bits per heavy atom. The third-order valence-corrected chi connectivity index (χ3v) is 4.23. The number of carbonyl (C=O) groups excluding carboxylic acids is 2. The fourth-order valence-electron chi connectivity index (χ4n) is 1.89. The minimum absolute atomic E-state index is 0.161. The van der Waals surface area contributed by atoms with Gasteiger partial charge in [-0.3, -0.25) is 9.59 Å². The average molecular weight is 301 g/mol. The van der Waals surface area contributed by atoms with E-state index in [-0.39, 0.29) is 11.8 Å². The topological polar surface area (TPSA) is 84.2 Å². The lowest BCUT2D eigenvalue weighted by molar-refractivity contribution is -0.118. The number of hydrogen-bond donors (Lipinski definition) is 3. The Morgan fingerprint density at radius 2 is 1.81 bits per heavy atom. The summed E-state index contributed by atoms with van der Waals surface area (Å²) in [5.74, 6) is -0.338. The second kappa shape index (κ2) is 5.31. The lowest BCUT2D eigenvalue weighted by atomic mass is 10.2. The van der Waals surface area contributed by atoms with Crippen LogP contribution in [-0.2, 0) is 4.79 Å². The summed E-state index contributed by atoms with van der Waals surface area (Å²) in [7, 11) is 0. The number of benzene rings is 1. The van der Waals surface area contributed by atoms with Gasteiger partial charge in [-0.1, -0.05) is 12.1 Å². The van der Waals surface area contributed by atoms with Gasteiger partial charge in [0.2, 0.25) is 5.91 Å². The van der Waals surface area contributed by atoms with Crippen LogP contribution < -0.4 is 16.4 Å². The molecule has 0 radical (unpaired) electrons. The van der Waals surface area contributed by atoms with Crippen molar-refractivity contribution in [3.63, 3.8) is 0 Å². The molecule has 21 heavy (non-hydrogen) atoms. The van der Waals surface area contributed by atoms with E-state index in [9.17, 15) is 9.59 Å². The van der Waals surface area contributed by atoms with Gasteiger partial charge in [0.15, 0.2) is 0 Å². The molecule has 3 rings (SSSR count). The molecule has 1 fully saturated rings. The van der Waals surface area contributed by atoms with Crippen LogP contribution in [0.5, 0.6) is 0 Å². The van der Waals surface area contributed by atoms with E-state index >= 15 is 0 Å². The maximum Gasteiger partial charge on any atom is 0.265 e. The van der Waals surface area contributed by atoms with Crippen molar-refractivity contribution in [2.75, 3.05) is 10.6 Å². The number of rotatable bonds is 4. The molecule has 108 valence electrons. The molecule has 4 N–H and O–H groups in total. The van der Waals surface area contributed by atoms with Crippen molar-refractivity contribution in [2.45, 2.75) is 18.4 Å². The third kappa shape index (κ3) is 3.12. The highest BCUT2D eigenvalue weighted by Crippen LogP contribution is 2.33. The smallest absolute Gasteiger partial charge is 0.265 e. The van der Waals surface area contributed by atoms with Gasteiger partial charge in [-0.2, -0.15) is 0 Å². The highest BCUT2D eigenvalue weighted by atomic mass is 32.1. The SMILES string of the molecule is NC1(C(=O)Nc2cccc(NC(=O)c3cccs3)c2)CC1. The van der Waals surface area contributed by atoms with Crippen LogP contribution in [0.1, 0.15) is 22.5 Å². The number of carbonyl (C=O) groups is 2. The van der Waals surface area contributed by atoms with Crippen molar-refractivity contribution in [1.82, 2.24) is 0 Å². The lowest BCUT2D eigenvalue weighted by Crippen LogP contribution is -2.37. The van der Waals surface area contributed by atoms with Crippen LogP contribution in [0.3, 0.4) is 0 Å². The van der Waals surface area contributed by atoms with E-state index in [2.05, 4.69) is 10.6 Å². The Bertz CT molecular complexity index is 678. The molecule has 1 aliphatic carbocycles. The summed E-state index contributed by atoms with van der Waals surface area (Å²) in [6.07, 6.45) is 1.43. The summed E-state index contributed by atoms with van der Waals surface area (Å²) in [5, 5.41) is 7.43. The van der Waals surface area contributed by atoms with Gasteiger partial charge < -0.3 is 16.4 Å². The van der Waals surface area contributed by atoms with Crippen LogP contribution in [0, 0.1) is 0 Å². The quantitative estimate of drug-likeness (QED) is 0.811. The van der Waals surface area contributed by atoms with Crippen molar-refractivity contribution in [1.29, 1.82) is 0 Å². The summed E-state index contributed by atoms with van der Waals surface area (Å²) in [6, 6.07) is 10.6. The molecule has 1 heterocycles. The van der Waals surface area contributed by atoms with Crippen LogP contribution in [0.4, 0.5) is 11.4 Å². The first-order valence-corrected chi connectivity index (χ1v) is 7.50. The van der Waals surface area contributed by atoms with E-state index in [4.69, 9.17) is 5.73 Å². The minimum atomic E-state index is -0.712. The Labute approximate surface area is 126 Å². The predicted octanol–water partition coefficient (Wildman–Crippen LogP) is 2.43. The maximum atomic E-state index is 12.0. The largest absolute Gasteiger partial charge is 0.324 e. The molecule has 0 bridgehead atoms. The summed E-state index contributed by atoms with van der Waals surface area (Å²) in [4.78, 5) is 24.5. The fourth-order valence-corrected chi connectivity index (χ4v) is 2.51. The molecule has 0 unspecified atom stereocenters. The molecule has 0 aliphatic heterocycles. The number of amides is 2. The number of nitrogens with one attached hydrogen (secondary N) is 2. The zero-order valence-corrected chi connectivity index (χ0v) is 12.1. The van der Waals surface area contributed by atoms with Crippen LogP contribution in [0.15, 0.2) is 41.8 Å². The molecule has 0 saturated heterocycles. The van der Waals surface area contributed by atoms with Crippen molar-refractivity contribution in [3.8, 4) is 0 Å². The fraction of sp³-hybridized carbons (Fsp3) is 0.200. The summed E-state index contributed by atoms with van der Waals surface area (Å²) in [6.45, 7) is 0. The zero-order chi connectivity index (χ0) is 14.9.